The van der Waals surface area contributed by atoms with Crippen LogP contribution in [0.2, 0.25) is 0 Å². The van der Waals surface area contributed by atoms with Gasteiger partial charge in [-0.15, -0.1) is 0 Å². The molecule has 4 bridgehead atoms. The topological polar surface area (TPSA) is 108 Å². The number of nitrogens with one attached hydrogen (secondary N) is 1. The highest BCUT2D eigenvalue weighted by Gasteiger charge is 2.59. The minimum Gasteiger partial charge on any atom is -0.309 e. The lowest BCUT2D eigenvalue weighted by atomic mass is 9.46. The normalized spacial score (nSPS) is 27.2. The van der Waals surface area contributed by atoms with Gasteiger partial charge in [0.2, 0.25) is 11.7 Å². The number of carbonyl (C=O) groups excluding carboxylic acids is 1. The SMILES string of the molecule is O=C(CC12CC3CC(C1)CC(n1cc([N+](=O)[O-])cn1)(C3)C2)Nc1ccn(Cc2c(F)c(F)c(F)c(F)c2F)n1. The smallest absolute Gasteiger partial charge is 0.307 e. The quantitative estimate of drug-likeness (QED) is 0.146. The number of aromatic nitrogens is 4. The number of hydrogen-bond donors (Lipinski definition) is 1. The first-order chi connectivity index (χ1) is 18.5. The molecule has 4 aliphatic rings. The maximum atomic E-state index is 14.0. The Bertz CT molecular complexity index is 1460. The molecule has 7 rings (SSSR count). The molecule has 14 heteroatoms. The van der Waals surface area contributed by atoms with Gasteiger partial charge in [0, 0.05) is 18.7 Å². The number of nitrogens with zero attached hydrogens (tertiary/aromatic N) is 5. The Morgan fingerprint density at radius 2 is 1.69 bits per heavy atom. The third-order valence-electron chi connectivity index (χ3n) is 8.48. The van der Waals surface area contributed by atoms with E-state index in [1.54, 1.807) is 4.68 Å². The molecule has 39 heavy (non-hydrogen) atoms. The molecule has 0 aliphatic heterocycles. The molecule has 0 spiro atoms. The third-order valence-corrected chi connectivity index (χ3v) is 8.48. The Morgan fingerprint density at radius 1 is 1.05 bits per heavy atom. The van der Waals surface area contributed by atoms with Gasteiger partial charge in [0.1, 0.15) is 12.4 Å². The second kappa shape index (κ2) is 8.85. The summed E-state index contributed by atoms with van der Waals surface area (Å²) in [5.41, 5.74) is -1.80. The van der Waals surface area contributed by atoms with E-state index in [1.807, 2.05) is 0 Å². The van der Waals surface area contributed by atoms with Gasteiger partial charge in [-0.05, 0) is 55.8 Å². The maximum absolute atomic E-state index is 14.0. The molecular formula is C25H23F5N6O3. The first-order valence-electron chi connectivity index (χ1n) is 12.5. The minimum absolute atomic E-state index is 0.0704. The lowest BCUT2D eigenvalue weighted by Crippen LogP contribution is -2.57. The summed E-state index contributed by atoms with van der Waals surface area (Å²) in [5, 5.41) is 22.2. The van der Waals surface area contributed by atoms with E-state index in [-0.39, 0.29) is 34.8 Å². The Morgan fingerprint density at radius 3 is 2.31 bits per heavy atom. The van der Waals surface area contributed by atoms with Crippen LogP contribution < -0.4 is 5.32 Å². The number of anilines is 1. The molecule has 4 aliphatic carbocycles. The van der Waals surface area contributed by atoms with Crippen molar-refractivity contribution in [3.8, 4) is 0 Å². The highest BCUT2D eigenvalue weighted by molar-refractivity contribution is 5.90. The summed E-state index contributed by atoms with van der Waals surface area (Å²) in [6, 6.07) is 1.37. The summed E-state index contributed by atoms with van der Waals surface area (Å²) < 4.78 is 71.1. The van der Waals surface area contributed by atoms with E-state index >= 15 is 0 Å². The van der Waals surface area contributed by atoms with Crippen LogP contribution in [0, 0.1) is 56.5 Å². The van der Waals surface area contributed by atoms with E-state index in [1.165, 1.54) is 24.7 Å². The molecule has 2 aromatic heterocycles. The first kappa shape index (κ1) is 25.4. The third kappa shape index (κ3) is 4.25. The van der Waals surface area contributed by atoms with E-state index < -0.39 is 46.1 Å². The summed E-state index contributed by atoms with van der Waals surface area (Å²) in [4.78, 5) is 23.8. The Labute approximate surface area is 218 Å². The van der Waals surface area contributed by atoms with Crippen molar-refractivity contribution >= 4 is 17.4 Å². The molecule has 0 saturated heterocycles. The molecule has 206 valence electrons. The number of benzene rings is 1. The van der Waals surface area contributed by atoms with Gasteiger partial charge in [-0.1, -0.05) is 0 Å². The van der Waals surface area contributed by atoms with Crippen molar-refractivity contribution in [2.75, 3.05) is 5.32 Å². The molecule has 1 aromatic carbocycles. The summed E-state index contributed by atoms with van der Waals surface area (Å²) in [7, 11) is 0. The maximum Gasteiger partial charge on any atom is 0.307 e. The average Bonchev–Trinajstić information content (AvgIpc) is 3.53. The van der Waals surface area contributed by atoms with E-state index in [4.69, 9.17) is 0 Å². The molecule has 2 atom stereocenters. The van der Waals surface area contributed by atoms with Crippen LogP contribution in [0.1, 0.15) is 50.5 Å². The van der Waals surface area contributed by atoms with Crippen LogP contribution in [0.25, 0.3) is 0 Å². The van der Waals surface area contributed by atoms with Crippen molar-refractivity contribution in [1.29, 1.82) is 0 Å². The fourth-order valence-corrected chi connectivity index (χ4v) is 7.54. The van der Waals surface area contributed by atoms with Crippen molar-refractivity contribution < 1.29 is 31.7 Å². The fraction of sp³-hybridized carbons (Fsp3) is 0.480. The van der Waals surface area contributed by atoms with Crippen LogP contribution in [0.5, 0.6) is 0 Å². The second-order valence-electron chi connectivity index (χ2n) is 11.3. The zero-order valence-electron chi connectivity index (χ0n) is 20.5. The van der Waals surface area contributed by atoms with Gasteiger partial charge in [-0.25, -0.2) is 22.0 Å². The van der Waals surface area contributed by atoms with Crippen LogP contribution in [-0.4, -0.2) is 30.4 Å². The monoisotopic (exact) mass is 550 g/mol. The lowest BCUT2D eigenvalue weighted by Gasteiger charge is -2.61. The van der Waals surface area contributed by atoms with Crippen molar-refractivity contribution in [2.24, 2.45) is 17.3 Å². The predicted octanol–water partition coefficient (Wildman–Crippen LogP) is 5.06. The van der Waals surface area contributed by atoms with E-state index in [2.05, 4.69) is 15.5 Å². The second-order valence-corrected chi connectivity index (χ2v) is 11.3. The lowest BCUT2D eigenvalue weighted by molar-refractivity contribution is -0.385. The van der Waals surface area contributed by atoms with Crippen molar-refractivity contribution in [3.05, 3.63) is 69.4 Å². The Balaban J connectivity index is 1.17. The predicted molar refractivity (Wildman–Crippen MR) is 125 cm³/mol. The number of carbonyl (C=O) groups is 1. The van der Waals surface area contributed by atoms with Gasteiger partial charge in [0.25, 0.3) is 0 Å². The standard InChI is InChI=1S/C25H23F5N6O3/c26-19-16(20(27)22(29)23(30)21(19)28)11-34-2-1-17(33-34)32-18(37)8-24-4-13-3-14(5-24)7-25(6-13,12-24)35-10-15(9-31-35)36(38)39/h1-2,9-10,13-14H,3-8,11-12H2,(H,32,33,37). The number of nitro groups is 1. The van der Waals surface area contributed by atoms with Gasteiger partial charge >= 0.3 is 5.69 Å². The molecule has 1 N–H and O–H groups in total. The molecule has 9 nitrogen and oxygen atoms in total. The number of amides is 1. The Hall–Kier alpha value is -3.84. The largest absolute Gasteiger partial charge is 0.309 e. The van der Waals surface area contributed by atoms with E-state index in [0.717, 1.165) is 36.8 Å². The molecule has 0 radical (unpaired) electrons. The molecular weight excluding hydrogens is 527 g/mol. The molecule has 4 saturated carbocycles. The summed E-state index contributed by atoms with van der Waals surface area (Å²) in [6.45, 7) is -0.729. The number of halogens is 5. The van der Waals surface area contributed by atoms with Crippen LogP contribution in [0.3, 0.4) is 0 Å². The molecule has 2 heterocycles. The zero-order chi connectivity index (χ0) is 27.7. The summed E-state index contributed by atoms with van der Waals surface area (Å²) in [6.07, 6.45) is 9.31. The van der Waals surface area contributed by atoms with Gasteiger partial charge < -0.3 is 5.32 Å². The highest BCUT2D eigenvalue weighted by atomic mass is 19.2. The van der Waals surface area contributed by atoms with Gasteiger partial charge in [-0.2, -0.15) is 10.2 Å². The van der Waals surface area contributed by atoms with Crippen LogP contribution in [0.4, 0.5) is 33.5 Å². The van der Waals surface area contributed by atoms with Crippen molar-refractivity contribution in [3.63, 3.8) is 0 Å². The van der Waals surface area contributed by atoms with Gasteiger partial charge in [0.15, 0.2) is 29.1 Å². The number of hydrogen-bond acceptors (Lipinski definition) is 5. The van der Waals surface area contributed by atoms with E-state index in [9.17, 15) is 36.9 Å². The molecule has 2 unspecified atom stereocenters. The average molecular weight is 550 g/mol. The molecule has 3 aromatic rings. The highest BCUT2D eigenvalue weighted by Crippen LogP contribution is 2.65. The zero-order valence-corrected chi connectivity index (χ0v) is 20.5. The van der Waals surface area contributed by atoms with Crippen molar-refractivity contribution in [1.82, 2.24) is 19.6 Å². The van der Waals surface area contributed by atoms with Gasteiger partial charge in [0.05, 0.1) is 22.6 Å². The number of rotatable bonds is 7. The minimum atomic E-state index is -2.24. The van der Waals surface area contributed by atoms with E-state index in [0.29, 0.717) is 18.3 Å². The fourth-order valence-electron chi connectivity index (χ4n) is 7.54. The summed E-state index contributed by atoms with van der Waals surface area (Å²) in [5.74, 6) is -9.68. The summed E-state index contributed by atoms with van der Waals surface area (Å²) >= 11 is 0. The van der Waals surface area contributed by atoms with Crippen molar-refractivity contribution in [2.45, 2.75) is 57.0 Å². The van der Waals surface area contributed by atoms with Crippen LogP contribution in [0.15, 0.2) is 24.7 Å². The Kier molecular flexibility index (Phi) is 5.77. The molecule has 4 fully saturated rings. The van der Waals surface area contributed by atoms with Gasteiger partial charge in [-0.3, -0.25) is 24.3 Å². The molecule has 1 amide bonds. The van der Waals surface area contributed by atoms with Crippen LogP contribution >= 0.6 is 0 Å². The first-order valence-corrected chi connectivity index (χ1v) is 12.5. The van der Waals surface area contributed by atoms with Crippen LogP contribution in [-0.2, 0) is 16.9 Å².